The largest absolute Gasteiger partial charge is 0.492 e. The summed E-state index contributed by atoms with van der Waals surface area (Å²) in [6, 6.07) is 8.24. The number of carbonyl (C=O) groups is 3. The summed E-state index contributed by atoms with van der Waals surface area (Å²) in [6.45, 7) is 28.3. The minimum Gasteiger partial charge on any atom is -0.492 e. The van der Waals surface area contributed by atoms with Gasteiger partial charge in [-0.1, -0.05) is 41.5 Å². The molecule has 6 aromatic heterocycles. The van der Waals surface area contributed by atoms with Gasteiger partial charge in [-0.15, -0.1) is 0 Å². The maximum absolute atomic E-state index is 13.6. The molecule has 94 heavy (non-hydrogen) atoms. The fourth-order valence-corrected chi connectivity index (χ4v) is 10.7. The number of anilines is 3. The number of hydrogen-bond acceptors (Lipinski definition) is 19. The second kappa shape index (κ2) is 34.9. The average Bonchev–Trinajstić information content (AvgIpc) is 1.50. The first-order chi connectivity index (χ1) is 43.9. The molecule has 20 nitrogen and oxygen atoms in total. The number of aliphatic hydroxyl groups is 1. The van der Waals surface area contributed by atoms with Gasteiger partial charge in [0.1, 0.15) is 58.9 Å². The predicted octanol–water partition coefficient (Wildman–Crippen LogP) is 11.2. The van der Waals surface area contributed by atoms with Gasteiger partial charge in [0.2, 0.25) is 11.2 Å². The molecule has 0 radical (unpaired) electrons. The number of nitrogens with one attached hydrogen (secondary N) is 1. The van der Waals surface area contributed by atoms with Crippen molar-refractivity contribution in [2.45, 2.75) is 184 Å². The van der Waals surface area contributed by atoms with Crippen LogP contribution in [0.4, 0.5) is 26.2 Å². The first kappa shape index (κ1) is 77.4. The number of hydrogen-bond donors (Lipinski definition) is 2. The van der Waals surface area contributed by atoms with Crippen molar-refractivity contribution in [3.63, 3.8) is 0 Å². The lowest BCUT2D eigenvalue weighted by atomic mass is 9.88. The first-order valence-corrected chi connectivity index (χ1v) is 32.9. The maximum Gasteiger partial charge on any atom is 0.242 e. The highest BCUT2D eigenvalue weighted by Gasteiger charge is 2.32. The van der Waals surface area contributed by atoms with E-state index in [9.17, 15) is 23.2 Å². The SMILES string of the molecule is CN(C)CCO.C[C@H](C(=O)CC(C)(C)C)N(C)c1nc(-c2cc(F)ccn2)nc2c1CCC2.C[C@H](C(=O)CC(C)(C)C)N(C)c1nc(-c2cc(OCCN(C)C)ccn2)nc2c1CCC2.C[C@H](C(=O)NC(C)(C)C)N(C)c1nc(Cl)nc2c1CCC2.Cc1cc(F)ccn1. The molecule has 0 aliphatic heterocycles. The van der Waals surface area contributed by atoms with Gasteiger partial charge in [0.25, 0.3) is 0 Å². The Kier molecular flexibility index (Phi) is 28.8. The van der Waals surface area contributed by atoms with Crippen molar-refractivity contribution in [3.05, 3.63) is 111 Å². The number of halogens is 3. The average molecular weight is 1320 g/mol. The fraction of sp³-hybridized carbons (Fsp3) is 0.577. The van der Waals surface area contributed by atoms with Crippen LogP contribution in [0.2, 0.25) is 5.28 Å². The molecular weight excluding hydrogens is 1220 g/mol. The van der Waals surface area contributed by atoms with E-state index >= 15 is 0 Å². The van der Waals surface area contributed by atoms with Crippen LogP contribution >= 0.6 is 11.6 Å². The number of aryl methyl sites for hydroxylation is 4. The van der Waals surface area contributed by atoms with Gasteiger partial charge in [0, 0.05) is 117 Å². The molecule has 1 amide bonds. The molecule has 3 atom stereocenters. The molecule has 6 aromatic rings. The number of rotatable bonds is 19. The van der Waals surface area contributed by atoms with Gasteiger partial charge in [0.15, 0.2) is 23.2 Å². The van der Waals surface area contributed by atoms with Crippen molar-refractivity contribution in [3.8, 4) is 28.8 Å². The minimum atomic E-state index is -0.368. The Bertz CT molecular complexity index is 3460. The molecule has 23 heteroatoms. The summed E-state index contributed by atoms with van der Waals surface area (Å²) in [5.41, 5.74) is 7.88. The van der Waals surface area contributed by atoms with Crippen LogP contribution in [0.15, 0.2) is 55.0 Å². The molecule has 0 spiro atoms. The lowest BCUT2D eigenvalue weighted by Gasteiger charge is -2.30. The van der Waals surface area contributed by atoms with Crippen LogP contribution < -0.4 is 24.8 Å². The van der Waals surface area contributed by atoms with Crippen LogP contribution in [-0.2, 0) is 52.9 Å². The molecule has 514 valence electrons. The fourth-order valence-electron chi connectivity index (χ4n) is 10.5. The smallest absolute Gasteiger partial charge is 0.242 e. The zero-order valence-corrected chi connectivity index (χ0v) is 60.3. The monoisotopic (exact) mass is 1320 g/mol. The highest BCUT2D eigenvalue weighted by Crippen LogP contribution is 2.35. The van der Waals surface area contributed by atoms with Crippen molar-refractivity contribution in [2.24, 2.45) is 10.8 Å². The highest BCUT2D eigenvalue weighted by molar-refractivity contribution is 6.28. The summed E-state index contributed by atoms with van der Waals surface area (Å²) in [6.07, 6.45) is 14.3. The Balaban J connectivity index is 0.000000234. The molecule has 0 fully saturated rings. The van der Waals surface area contributed by atoms with Gasteiger partial charge in [-0.25, -0.2) is 38.7 Å². The van der Waals surface area contributed by atoms with Crippen molar-refractivity contribution in [1.82, 2.24) is 60.0 Å². The number of Topliss-reactive ketones (excluding diaryl/α,β-unsaturated/α-hetero) is 2. The number of ether oxygens (including phenoxy) is 1. The topological polar surface area (TPSA) is 225 Å². The Morgan fingerprint density at radius 1 is 0.564 bits per heavy atom. The van der Waals surface area contributed by atoms with Crippen LogP contribution in [0.25, 0.3) is 23.0 Å². The summed E-state index contributed by atoms with van der Waals surface area (Å²) >= 11 is 6.01. The number of aromatic nitrogens is 9. The van der Waals surface area contributed by atoms with E-state index < -0.39 is 0 Å². The lowest BCUT2D eigenvalue weighted by Crippen LogP contribution is -2.50. The molecule has 0 bridgehead atoms. The van der Waals surface area contributed by atoms with E-state index in [0.717, 1.165) is 128 Å². The zero-order chi connectivity index (χ0) is 70.0. The predicted molar refractivity (Wildman–Crippen MR) is 372 cm³/mol. The summed E-state index contributed by atoms with van der Waals surface area (Å²) in [4.78, 5) is 88.0. The second-order valence-electron chi connectivity index (χ2n) is 28.4. The molecule has 3 aliphatic carbocycles. The Hall–Kier alpha value is -7.27. The number of carbonyl (C=O) groups excluding carboxylic acids is 3. The third-order valence-electron chi connectivity index (χ3n) is 15.8. The molecule has 3 aliphatic rings. The van der Waals surface area contributed by atoms with Crippen LogP contribution in [0.1, 0.15) is 155 Å². The van der Waals surface area contributed by atoms with Gasteiger partial charge in [-0.3, -0.25) is 29.3 Å². The zero-order valence-electron chi connectivity index (χ0n) is 59.5. The molecule has 0 saturated carbocycles. The lowest BCUT2D eigenvalue weighted by molar-refractivity contribution is -0.123. The summed E-state index contributed by atoms with van der Waals surface area (Å²) in [5, 5.41) is 11.4. The molecule has 0 saturated heterocycles. The van der Waals surface area contributed by atoms with Crippen LogP contribution in [0.3, 0.4) is 0 Å². The molecule has 0 unspecified atom stereocenters. The standard InChI is InChI=1S/C25H37N5O2.C21H27FN4O.C15H23ClN4O.C6H6FN.C4H11NO/c1-17(22(31)16-25(2,3)4)30(7)24-19-9-8-10-20(19)27-23(28-24)21-15-18(11-12-26-21)32-14-13-29(5)6;1-13(18(27)12-21(2,3)4)26(5)20-15-7-6-8-16(15)24-19(25-20)17-11-14(22)9-10-23-17;1-9(13(21)19-15(2,3)4)20(5)12-10-7-6-8-11(10)17-14(16)18-12;1-5-4-6(7)2-3-8-5;1-5(2)3-4-6/h11-12,15,17H,8-10,13-14,16H2,1-7H3;9-11,13H,6-8,12H2,1-5H3;9H,6-8H2,1-5H3,(H,19,21);2-4H,1H3;6H,3-4H2,1-2H3/t17-;13-;9-;;/m111../s1. The van der Waals surface area contributed by atoms with E-state index in [4.69, 9.17) is 31.4 Å². The third kappa shape index (κ3) is 24.2. The van der Waals surface area contributed by atoms with E-state index in [-0.39, 0.29) is 75.5 Å². The summed E-state index contributed by atoms with van der Waals surface area (Å²) in [7, 11) is 13.6. The molecule has 0 aromatic carbocycles. The Morgan fingerprint density at radius 3 is 1.37 bits per heavy atom. The summed E-state index contributed by atoms with van der Waals surface area (Å²) in [5.74, 6) is 3.92. The second-order valence-corrected chi connectivity index (χ2v) is 28.8. The van der Waals surface area contributed by atoms with Gasteiger partial charge in [-0.05, 0) is 181 Å². The van der Waals surface area contributed by atoms with Gasteiger partial charge < -0.3 is 39.7 Å². The van der Waals surface area contributed by atoms with E-state index in [0.29, 0.717) is 48.2 Å². The Morgan fingerprint density at radius 2 is 0.979 bits per heavy atom. The maximum atomic E-state index is 13.6. The van der Waals surface area contributed by atoms with Crippen LogP contribution in [0.5, 0.6) is 5.75 Å². The van der Waals surface area contributed by atoms with Crippen molar-refractivity contribution in [2.75, 3.05) is 90.3 Å². The number of aliphatic hydroxyl groups excluding tert-OH is 1. The number of nitrogens with zero attached hydrogens (tertiary/aromatic N) is 14. The van der Waals surface area contributed by atoms with E-state index in [1.807, 2.05) is 123 Å². The first-order valence-electron chi connectivity index (χ1n) is 32.6. The summed E-state index contributed by atoms with van der Waals surface area (Å²) < 4.78 is 31.6. The van der Waals surface area contributed by atoms with E-state index in [1.54, 1.807) is 13.1 Å². The van der Waals surface area contributed by atoms with E-state index in [2.05, 4.69) is 86.6 Å². The minimum absolute atomic E-state index is 0.0218. The van der Waals surface area contributed by atoms with Crippen LogP contribution in [-0.4, -0.2) is 177 Å². The third-order valence-corrected chi connectivity index (χ3v) is 16.0. The molecule has 9 rings (SSSR count). The van der Waals surface area contributed by atoms with E-state index in [1.165, 1.54) is 36.7 Å². The highest BCUT2D eigenvalue weighted by atomic mass is 35.5. The van der Waals surface area contributed by atoms with Gasteiger partial charge >= 0.3 is 0 Å². The number of likely N-dealkylation sites (N-methyl/N-ethyl adjacent to an activating group) is 5. The molecular formula is C71H104ClF2N15O5. The molecule has 2 N–H and O–H groups in total. The Labute approximate surface area is 562 Å². The van der Waals surface area contributed by atoms with Crippen molar-refractivity contribution in [1.29, 1.82) is 0 Å². The van der Waals surface area contributed by atoms with Gasteiger partial charge in [0.05, 0.1) is 24.4 Å². The quantitative estimate of drug-likeness (QED) is 0.0719. The van der Waals surface area contributed by atoms with Crippen molar-refractivity contribution >= 4 is 46.5 Å². The van der Waals surface area contributed by atoms with Crippen molar-refractivity contribution < 1.29 is 33.0 Å². The number of ketones is 2. The van der Waals surface area contributed by atoms with Gasteiger partial charge in [-0.2, -0.15) is 0 Å². The normalized spacial score (nSPS) is 14.0. The van der Waals surface area contributed by atoms with Crippen LogP contribution in [0, 0.1) is 29.4 Å². The molecule has 6 heterocycles. The number of pyridine rings is 3. The number of fused-ring (bicyclic) bond motifs is 3. The number of amides is 1.